The maximum atomic E-state index is 6.71. The lowest BCUT2D eigenvalue weighted by atomic mass is 9.70. The Labute approximate surface area is 357 Å². The molecule has 3 aliphatic rings. The summed E-state index contributed by atoms with van der Waals surface area (Å²) < 4.78 is 6.71. The summed E-state index contributed by atoms with van der Waals surface area (Å²) in [5.41, 5.74) is 19.1. The van der Waals surface area contributed by atoms with Gasteiger partial charge in [0.25, 0.3) is 0 Å². The van der Waals surface area contributed by atoms with Crippen LogP contribution >= 0.6 is 0 Å². The Bertz CT molecular complexity index is 3230. The zero-order valence-electron chi connectivity index (χ0n) is 34.8. The topological polar surface area (TPSA) is 15.7 Å². The van der Waals surface area contributed by atoms with Gasteiger partial charge < -0.3 is 14.5 Å². The van der Waals surface area contributed by atoms with Crippen LogP contribution in [0.25, 0.3) is 44.2 Å². The molecule has 0 bridgehead atoms. The zero-order chi connectivity index (χ0) is 41.0. The molecule has 0 N–H and O–H groups in total. The van der Waals surface area contributed by atoms with E-state index in [9.17, 15) is 0 Å². The molecule has 1 aliphatic carbocycles. The zero-order valence-corrected chi connectivity index (χ0v) is 34.8. The first kappa shape index (κ1) is 35.6. The molecule has 61 heavy (non-hydrogen) atoms. The van der Waals surface area contributed by atoms with Crippen LogP contribution in [0.4, 0.5) is 34.1 Å². The molecule has 2 aliphatic heterocycles. The molecule has 0 amide bonds. The third kappa shape index (κ3) is 5.17. The summed E-state index contributed by atoms with van der Waals surface area (Å²) in [5.74, 6) is 1.77. The van der Waals surface area contributed by atoms with Crippen LogP contribution in [0.1, 0.15) is 49.9 Å². The van der Waals surface area contributed by atoms with Gasteiger partial charge in [-0.2, -0.15) is 0 Å². The summed E-state index contributed by atoms with van der Waals surface area (Å²) in [5, 5.41) is 2.37. The van der Waals surface area contributed by atoms with Gasteiger partial charge in [0.2, 0.25) is 0 Å². The van der Waals surface area contributed by atoms with E-state index in [0.29, 0.717) is 0 Å². The first-order valence-corrected chi connectivity index (χ1v) is 21.4. The minimum atomic E-state index is -0.312. The monoisotopic (exact) mass is 784 g/mol. The largest absolute Gasteiger partial charge is 0.453 e. The van der Waals surface area contributed by atoms with E-state index in [1.807, 2.05) is 0 Å². The van der Waals surface area contributed by atoms with Crippen molar-refractivity contribution in [3.63, 3.8) is 0 Å². The molecular formula is C58H44N2O. The number of hydrogen-bond acceptors (Lipinski definition) is 3. The lowest BCUT2D eigenvalue weighted by Gasteiger charge is -2.46. The minimum absolute atomic E-state index is 0.123. The van der Waals surface area contributed by atoms with Crippen molar-refractivity contribution in [2.45, 2.75) is 38.5 Å². The van der Waals surface area contributed by atoms with Gasteiger partial charge in [-0.15, -0.1) is 0 Å². The molecule has 0 saturated heterocycles. The summed E-state index contributed by atoms with van der Waals surface area (Å²) in [6, 6.07) is 71.0. The van der Waals surface area contributed by atoms with Crippen LogP contribution in [0.3, 0.4) is 0 Å². The summed E-state index contributed by atoms with van der Waals surface area (Å²) in [7, 11) is 0. The molecule has 0 fully saturated rings. The SMILES string of the molecule is CC1(C)c2ccccc2-c2ccc(N(c3ccc(-c4cccc5c4C(C)(C)c4cccc6c4N5c4c(ccc5ccccc45)O6)cc3)c3ccccc3-c3ccccc3)cc21. The maximum absolute atomic E-state index is 6.71. The second-order valence-electron chi connectivity index (χ2n) is 17.7. The van der Waals surface area contributed by atoms with Crippen molar-refractivity contribution in [2.75, 3.05) is 9.80 Å². The standard InChI is InChI=1S/C58H44N2O/c1-57(2)47-23-12-10-21-45(47)46-34-33-41(36-49(46)57)59(50-25-13-11-19-42(50)37-16-6-5-7-17-37)40-31-28-39(29-32-40)43-22-14-26-51-54(43)58(3,4)48-24-15-27-52-56(48)60(51)55-44-20-9-8-18-38(44)30-35-53(55)61-52/h5-36H,1-4H3. The fourth-order valence-corrected chi connectivity index (χ4v) is 10.7. The average molecular weight is 785 g/mol. The van der Waals surface area contributed by atoms with Crippen LogP contribution in [0, 0.1) is 0 Å². The van der Waals surface area contributed by atoms with Gasteiger partial charge in [-0.05, 0) is 104 Å². The second kappa shape index (κ2) is 13.1. The number of ether oxygens (including phenoxy) is 1. The van der Waals surface area contributed by atoms with E-state index in [4.69, 9.17) is 4.74 Å². The average Bonchev–Trinajstić information content (AvgIpc) is 3.53. The molecule has 3 heteroatoms. The first-order valence-electron chi connectivity index (χ1n) is 21.4. The van der Waals surface area contributed by atoms with Crippen molar-refractivity contribution in [3.05, 3.63) is 216 Å². The van der Waals surface area contributed by atoms with Gasteiger partial charge in [-0.1, -0.05) is 173 Å². The van der Waals surface area contributed by atoms with Gasteiger partial charge in [-0.3, -0.25) is 0 Å². The van der Waals surface area contributed by atoms with E-state index in [1.165, 1.54) is 72.1 Å². The van der Waals surface area contributed by atoms with Gasteiger partial charge in [0.15, 0.2) is 11.5 Å². The lowest BCUT2D eigenvalue weighted by Crippen LogP contribution is -2.33. The van der Waals surface area contributed by atoms with Crippen LogP contribution in [0.15, 0.2) is 194 Å². The van der Waals surface area contributed by atoms with E-state index < -0.39 is 0 Å². The predicted molar refractivity (Wildman–Crippen MR) is 254 cm³/mol. The maximum Gasteiger partial charge on any atom is 0.152 e. The Hall–Kier alpha value is -7.36. The number of rotatable bonds is 5. The lowest BCUT2D eigenvalue weighted by molar-refractivity contribution is 0.472. The highest BCUT2D eigenvalue weighted by Gasteiger charge is 2.43. The normalized spacial score (nSPS) is 14.6. The molecule has 0 saturated carbocycles. The van der Waals surface area contributed by atoms with E-state index in [1.54, 1.807) is 0 Å². The third-order valence-electron chi connectivity index (χ3n) is 13.6. The molecule has 0 radical (unpaired) electrons. The molecule has 0 unspecified atom stereocenters. The molecular weight excluding hydrogens is 741 g/mol. The summed E-state index contributed by atoms with van der Waals surface area (Å²) in [6.07, 6.45) is 0. The van der Waals surface area contributed by atoms with Crippen molar-refractivity contribution in [1.82, 2.24) is 0 Å². The highest BCUT2D eigenvalue weighted by molar-refractivity contribution is 6.07. The van der Waals surface area contributed by atoms with Crippen molar-refractivity contribution in [1.29, 1.82) is 0 Å². The van der Waals surface area contributed by atoms with Gasteiger partial charge >= 0.3 is 0 Å². The Morgan fingerprint density at radius 3 is 1.92 bits per heavy atom. The Kier molecular flexibility index (Phi) is 7.62. The van der Waals surface area contributed by atoms with Crippen molar-refractivity contribution in [2.24, 2.45) is 0 Å². The molecule has 9 aromatic carbocycles. The van der Waals surface area contributed by atoms with Crippen molar-refractivity contribution >= 4 is 44.9 Å². The molecule has 0 spiro atoms. The van der Waals surface area contributed by atoms with E-state index in [-0.39, 0.29) is 10.8 Å². The quantitative estimate of drug-likeness (QED) is 0.173. The molecule has 9 aromatic rings. The Morgan fingerprint density at radius 2 is 1.07 bits per heavy atom. The second-order valence-corrected chi connectivity index (χ2v) is 17.7. The number of anilines is 6. The summed E-state index contributed by atoms with van der Waals surface area (Å²) in [6.45, 7) is 9.45. The Balaban J connectivity index is 1.03. The van der Waals surface area contributed by atoms with Crippen LogP contribution < -0.4 is 14.5 Å². The highest BCUT2D eigenvalue weighted by Crippen LogP contribution is 2.62. The summed E-state index contributed by atoms with van der Waals surface area (Å²) >= 11 is 0. The number of hydrogen-bond donors (Lipinski definition) is 0. The smallest absolute Gasteiger partial charge is 0.152 e. The Morgan fingerprint density at radius 1 is 0.426 bits per heavy atom. The first-order chi connectivity index (χ1) is 29.8. The molecule has 3 nitrogen and oxygen atoms in total. The minimum Gasteiger partial charge on any atom is -0.453 e. The molecule has 12 rings (SSSR count). The molecule has 0 aromatic heterocycles. The van der Waals surface area contributed by atoms with Gasteiger partial charge in [0, 0.05) is 33.2 Å². The van der Waals surface area contributed by atoms with Gasteiger partial charge in [-0.25, -0.2) is 0 Å². The fraction of sp³-hybridized carbons (Fsp3) is 0.103. The molecule has 292 valence electrons. The van der Waals surface area contributed by atoms with E-state index in [0.717, 1.165) is 39.9 Å². The third-order valence-corrected chi connectivity index (χ3v) is 13.6. The highest BCUT2D eigenvalue weighted by atomic mass is 16.5. The van der Waals surface area contributed by atoms with Crippen LogP contribution in [0.5, 0.6) is 11.5 Å². The molecule has 0 atom stereocenters. The van der Waals surface area contributed by atoms with Gasteiger partial charge in [0.05, 0.1) is 22.7 Å². The van der Waals surface area contributed by atoms with Crippen LogP contribution in [0.2, 0.25) is 0 Å². The molecule has 2 heterocycles. The van der Waals surface area contributed by atoms with Gasteiger partial charge in [0.1, 0.15) is 0 Å². The number of benzene rings is 9. The van der Waals surface area contributed by atoms with Crippen molar-refractivity contribution < 1.29 is 4.74 Å². The number of para-hydroxylation sites is 2. The predicted octanol–water partition coefficient (Wildman–Crippen LogP) is 16.2. The fourth-order valence-electron chi connectivity index (χ4n) is 10.7. The number of nitrogens with zero attached hydrogens (tertiary/aromatic N) is 2. The summed E-state index contributed by atoms with van der Waals surface area (Å²) in [4.78, 5) is 4.92. The van der Waals surface area contributed by atoms with Crippen LogP contribution in [-0.2, 0) is 10.8 Å². The van der Waals surface area contributed by atoms with Crippen LogP contribution in [-0.4, -0.2) is 0 Å². The van der Waals surface area contributed by atoms with E-state index in [2.05, 4.69) is 232 Å². The van der Waals surface area contributed by atoms with E-state index >= 15 is 0 Å². The number of fused-ring (bicyclic) bond motifs is 9. The van der Waals surface area contributed by atoms with Crippen molar-refractivity contribution in [3.8, 4) is 44.9 Å².